The molecule has 7 heteroatoms. The molecule has 1 fully saturated rings. The number of hydrogen-bond donors (Lipinski definition) is 1. The quantitative estimate of drug-likeness (QED) is 0.873. The van der Waals surface area contributed by atoms with Crippen molar-refractivity contribution in [1.29, 1.82) is 0 Å². The molecule has 0 aliphatic carbocycles. The number of nitrogens with zero attached hydrogens (tertiary/aromatic N) is 4. The number of aromatic nitrogens is 3. The molecule has 1 aliphatic heterocycles. The van der Waals surface area contributed by atoms with Crippen LogP contribution >= 0.6 is 11.3 Å². The predicted octanol–water partition coefficient (Wildman–Crippen LogP) is 1.70. The molecular weight excluding hydrogens is 312 g/mol. The lowest BCUT2D eigenvalue weighted by molar-refractivity contribution is -0.132. The first kappa shape index (κ1) is 16.1. The minimum absolute atomic E-state index is 0.0722. The van der Waals surface area contributed by atoms with Crippen LogP contribution in [0.25, 0.3) is 0 Å². The summed E-state index contributed by atoms with van der Waals surface area (Å²) in [4.78, 5) is 15.5. The van der Waals surface area contributed by atoms with E-state index in [9.17, 15) is 4.79 Å². The molecule has 1 N–H and O–H groups in total. The maximum Gasteiger partial charge on any atom is 0.222 e. The van der Waals surface area contributed by atoms with Gasteiger partial charge in [-0.1, -0.05) is 11.3 Å². The Bertz CT molecular complexity index is 618. The van der Waals surface area contributed by atoms with Gasteiger partial charge in [0.05, 0.1) is 12.8 Å². The van der Waals surface area contributed by atoms with Gasteiger partial charge in [-0.25, -0.2) is 0 Å². The number of rotatable bonds is 6. The molecule has 0 spiro atoms. The van der Waals surface area contributed by atoms with E-state index in [1.807, 2.05) is 11.0 Å². The zero-order valence-electron chi connectivity index (χ0n) is 13.1. The number of aryl methyl sites for hydroxylation is 1. The minimum Gasteiger partial charge on any atom is -0.390 e. The van der Waals surface area contributed by atoms with Crippen LogP contribution in [0.4, 0.5) is 0 Å². The van der Waals surface area contributed by atoms with Crippen LogP contribution in [0.15, 0.2) is 23.7 Å². The van der Waals surface area contributed by atoms with Crippen molar-refractivity contribution in [2.24, 2.45) is 5.92 Å². The van der Waals surface area contributed by atoms with Crippen LogP contribution in [0.1, 0.15) is 29.8 Å². The molecule has 1 amide bonds. The summed E-state index contributed by atoms with van der Waals surface area (Å²) in [6.07, 6.45) is 5.24. The minimum atomic E-state index is -0.0722. The van der Waals surface area contributed by atoms with Crippen molar-refractivity contribution in [3.8, 4) is 0 Å². The number of hydrogen-bond acceptors (Lipinski definition) is 5. The fourth-order valence-corrected chi connectivity index (χ4v) is 3.68. The first-order chi connectivity index (χ1) is 11.2. The average Bonchev–Trinajstić information content (AvgIpc) is 3.25. The number of aliphatic hydroxyl groups is 1. The first-order valence-corrected chi connectivity index (χ1v) is 8.92. The van der Waals surface area contributed by atoms with Crippen molar-refractivity contribution in [3.05, 3.63) is 34.3 Å². The molecule has 3 rings (SSSR count). The van der Waals surface area contributed by atoms with Crippen molar-refractivity contribution in [2.75, 3.05) is 13.1 Å². The molecule has 2 aromatic rings. The van der Waals surface area contributed by atoms with Crippen LogP contribution in [-0.4, -0.2) is 44.0 Å². The molecule has 6 nitrogen and oxygen atoms in total. The van der Waals surface area contributed by atoms with E-state index < -0.39 is 0 Å². The lowest BCUT2D eigenvalue weighted by Crippen LogP contribution is -2.39. The van der Waals surface area contributed by atoms with Crippen LogP contribution in [0.3, 0.4) is 0 Å². The van der Waals surface area contributed by atoms with Gasteiger partial charge in [0.25, 0.3) is 0 Å². The van der Waals surface area contributed by atoms with Crippen LogP contribution in [-0.2, 0) is 24.4 Å². The monoisotopic (exact) mass is 334 g/mol. The maximum absolute atomic E-state index is 12.3. The van der Waals surface area contributed by atoms with Crippen LogP contribution < -0.4 is 0 Å². The second kappa shape index (κ2) is 7.70. The van der Waals surface area contributed by atoms with Gasteiger partial charge in [0.15, 0.2) is 0 Å². The molecule has 23 heavy (non-hydrogen) atoms. The molecule has 1 aliphatic rings. The number of aliphatic hydroxyl groups excluding tert-OH is 1. The van der Waals surface area contributed by atoms with E-state index in [0.717, 1.165) is 38.9 Å². The Morgan fingerprint density at radius 1 is 1.39 bits per heavy atom. The largest absolute Gasteiger partial charge is 0.390 e. The Hall–Kier alpha value is -1.73. The van der Waals surface area contributed by atoms with Crippen LogP contribution in [0.5, 0.6) is 0 Å². The molecule has 0 aromatic carbocycles. The van der Waals surface area contributed by atoms with E-state index in [-0.39, 0.29) is 12.5 Å². The van der Waals surface area contributed by atoms with Gasteiger partial charge < -0.3 is 10.0 Å². The predicted molar refractivity (Wildman–Crippen MR) is 87.9 cm³/mol. The summed E-state index contributed by atoms with van der Waals surface area (Å²) in [5.41, 5.74) is 0.603. The van der Waals surface area contributed by atoms with Gasteiger partial charge in [0, 0.05) is 30.9 Å². The highest BCUT2D eigenvalue weighted by atomic mass is 32.1. The zero-order chi connectivity index (χ0) is 16.1. The second-order valence-electron chi connectivity index (χ2n) is 5.99. The number of carbonyl (C=O) groups is 1. The topological polar surface area (TPSA) is 71.2 Å². The van der Waals surface area contributed by atoms with Crippen molar-refractivity contribution >= 4 is 17.2 Å². The SMILES string of the molecule is O=C(CCc1cccs1)N1CCC(Cn2cc(CO)nn2)CC1. The van der Waals surface area contributed by atoms with E-state index in [1.54, 1.807) is 22.2 Å². The molecule has 0 saturated carbocycles. The molecule has 2 aromatic heterocycles. The molecule has 3 heterocycles. The first-order valence-electron chi connectivity index (χ1n) is 8.04. The average molecular weight is 334 g/mol. The number of likely N-dealkylation sites (tertiary alicyclic amines) is 1. The Balaban J connectivity index is 1.41. The summed E-state index contributed by atoms with van der Waals surface area (Å²) >= 11 is 1.71. The Kier molecular flexibility index (Phi) is 5.40. The van der Waals surface area contributed by atoms with Gasteiger partial charge in [-0.2, -0.15) is 0 Å². The summed E-state index contributed by atoms with van der Waals surface area (Å²) in [7, 11) is 0. The molecule has 1 saturated heterocycles. The second-order valence-corrected chi connectivity index (χ2v) is 7.03. The summed E-state index contributed by atoms with van der Waals surface area (Å²) in [5.74, 6) is 0.782. The number of carbonyl (C=O) groups excluding carboxylic acids is 1. The van der Waals surface area contributed by atoms with E-state index in [2.05, 4.69) is 21.8 Å². The van der Waals surface area contributed by atoms with E-state index in [0.29, 0.717) is 18.0 Å². The van der Waals surface area contributed by atoms with Gasteiger partial charge >= 0.3 is 0 Å². The van der Waals surface area contributed by atoms with E-state index >= 15 is 0 Å². The summed E-state index contributed by atoms with van der Waals surface area (Å²) in [5, 5.41) is 19.0. The summed E-state index contributed by atoms with van der Waals surface area (Å²) < 4.78 is 1.80. The number of thiophene rings is 1. The molecule has 0 unspecified atom stereocenters. The van der Waals surface area contributed by atoms with Crippen molar-refractivity contribution in [2.45, 2.75) is 38.8 Å². The van der Waals surface area contributed by atoms with E-state index in [4.69, 9.17) is 5.11 Å². The number of amides is 1. The molecule has 124 valence electrons. The Morgan fingerprint density at radius 3 is 2.87 bits per heavy atom. The van der Waals surface area contributed by atoms with Gasteiger partial charge in [0.2, 0.25) is 5.91 Å². The lowest BCUT2D eigenvalue weighted by atomic mass is 9.96. The third kappa shape index (κ3) is 4.39. The van der Waals surface area contributed by atoms with Crippen molar-refractivity contribution in [3.63, 3.8) is 0 Å². The zero-order valence-corrected chi connectivity index (χ0v) is 13.9. The highest BCUT2D eigenvalue weighted by Gasteiger charge is 2.23. The molecule has 0 radical (unpaired) electrons. The van der Waals surface area contributed by atoms with Crippen molar-refractivity contribution in [1.82, 2.24) is 19.9 Å². The van der Waals surface area contributed by atoms with Crippen LogP contribution in [0.2, 0.25) is 0 Å². The van der Waals surface area contributed by atoms with Crippen molar-refractivity contribution < 1.29 is 9.90 Å². The fourth-order valence-electron chi connectivity index (χ4n) is 2.97. The number of piperidine rings is 1. The Labute approximate surface area is 139 Å². The maximum atomic E-state index is 12.3. The van der Waals surface area contributed by atoms with E-state index in [1.165, 1.54) is 4.88 Å². The lowest BCUT2D eigenvalue weighted by Gasteiger charge is -2.32. The molecule has 0 bridgehead atoms. The standard InChI is InChI=1S/C16H22N4O2S/c21-12-14-11-20(18-17-14)10-13-5-7-19(8-6-13)16(22)4-3-15-2-1-9-23-15/h1-2,9,11,13,21H,3-8,10,12H2. The highest BCUT2D eigenvalue weighted by Crippen LogP contribution is 2.20. The normalized spacial score (nSPS) is 16.0. The van der Waals surface area contributed by atoms with Gasteiger partial charge in [-0.3, -0.25) is 9.48 Å². The summed E-state index contributed by atoms with van der Waals surface area (Å²) in [6, 6.07) is 4.12. The third-order valence-electron chi connectivity index (χ3n) is 4.33. The Morgan fingerprint density at radius 2 is 2.22 bits per heavy atom. The van der Waals surface area contributed by atoms with Gasteiger partial charge in [0.1, 0.15) is 5.69 Å². The van der Waals surface area contributed by atoms with Gasteiger partial charge in [-0.15, -0.1) is 16.4 Å². The van der Waals surface area contributed by atoms with Crippen LogP contribution in [0, 0.1) is 5.92 Å². The smallest absolute Gasteiger partial charge is 0.222 e. The molecule has 0 atom stereocenters. The highest BCUT2D eigenvalue weighted by molar-refractivity contribution is 7.09. The fraction of sp³-hybridized carbons (Fsp3) is 0.562. The molecular formula is C16H22N4O2S. The van der Waals surface area contributed by atoms with Gasteiger partial charge in [-0.05, 0) is 36.6 Å². The third-order valence-corrected chi connectivity index (χ3v) is 5.26. The summed E-state index contributed by atoms with van der Waals surface area (Å²) in [6.45, 7) is 2.40.